The molecule has 0 saturated heterocycles. The van der Waals surface area contributed by atoms with Crippen LogP contribution in [0.4, 0.5) is 22.1 Å². The number of ether oxygens (including phenoxy) is 2. The van der Waals surface area contributed by atoms with Crippen molar-refractivity contribution in [2.45, 2.75) is 27.2 Å². The normalized spacial score (nSPS) is 10.7. The lowest BCUT2D eigenvalue weighted by Gasteiger charge is -2.24. The number of carbonyl (C=O) groups excluding carboxylic acids is 4. The fourth-order valence-electron chi connectivity index (χ4n) is 4.39. The van der Waals surface area contributed by atoms with Gasteiger partial charge in [0.1, 0.15) is 18.1 Å². The van der Waals surface area contributed by atoms with Gasteiger partial charge < -0.3 is 24.6 Å². The van der Waals surface area contributed by atoms with Gasteiger partial charge in [0.15, 0.2) is 11.6 Å². The molecule has 0 aliphatic carbocycles. The largest absolute Gasteiger partial charge is 0.424 e. The number of fused-ring (bicyclic) bond motifs is 1. The van der Waals surface area contributed by atoms with Gasteiger partial charge in [0, 0.05) is 36.8 Å². The Hall–Kier alpha value is -6.12. The van der Waals surface area contributed by atoms with E-state index in [2.05, 4.69) is 30.9 Å². The first-order chi connectivity index (χ1) is 21.8. The fraction of sp³-hybridized carbons (Fsp3) is 0.200. The average Bonchev–Trinajstić information content (AvgIpc) is 3.69. The highest BCUT2D eigenvalue weighted by Crippen LogP contribution is 2.34. The SMILES string of the molecule is CCCNC(=O)c1cn2ncnc(N(C(=O)OCOC(=O)c3cccnc3)c3cc(C(=O)Nc4ccon4)ccc3C)c2c1C. The zero-order valence-corrected chi connectivity index (χ0v) is 24.5. The lowest BCUT2D eigenvalue weighted by Crippen LogP contribution is -2.30. The van der Waals surface area contributed by atoms with Crippen molar-refractivity contribution < 1.29 is 33.2 Å². The minimum atomic E-state index is -0.982. The summed E-state index contributed by atoms with van der Waals surface area (Å²) in [5, 5.41) is 13.4. The number of anilines is 3. The summed E-state index contributed by atoms with van der Waals surface area (Å²) in [4.78, 5) is 61.6. The van der Waals surface area contributed by atoms with Crippen LogP contribution in [0.3, 0.4) is 0 Å². The van der Waals surface area contributed by atoms with Crippen LogP contribution in [-0.2, 0) is 9.47 Å². The molecule has 2 N–H and O–H groups in total. The van der Waals surface area contributed by atoms with Crippen LogP contribution < -0.4 is 15.5 Å². The van der Waals surface area contributed by atoms with Gasteiger partial charge in [0.25, 0.3) is 11.8 Å². The molecule has 0 unspecified atom stereocenters. The molecule has 5 aromatic rings. The maximum Gasteiger partial charge on any atom is 0.423 e. The van der Waals surface area contributed by atoms with E-state index in [9.17, 15) is 19.2 Å². The van der Waals surface area contributed by atoms with E-state index in [0.717, 1.165) is 11.3 Å². The van der Waals surface area contributed by atoms with Crippen molar-refractivity contribution in [3.63, 3.8) is 0 Å². The van der Waals surface area contributed by atoms with E-state index in [0.29, 0.717) is 28.8 Å². The minimum Gasteiger partial charge on any atom is -0.424 e. The van der Waals surface area contributed by atoms with Crippen LogP contribution in [0.25, 0.3) is 5.52 Å². The van der Waals surface area contributed by atoms with Gasteiger partial charge in [-0.05, 0) is 55.7 Å². The molecule has 0 aliphatic heterocycles. The highest BCUT2D eigenvalue weighted by atomic mass is 16.7. The van der Waals surface area contributed by atoms with E-state index in [1.807, 2.05) is 6.92 Å². The van der Waals surface area contributed by atoms with Crippen LogP contribution in [0.1, 0.15) is 55.5 Å². The number of benzene rings is 1. The monoisotopic (exact) mass is 612 g/mol. The van der Waals surface area contributed by atoms with Gasteiger partial charge in [0.2, 0.25) is 6.79 Å². The number of amides is 3. The molecule has 15 heteroatoms. The van der Waals surface area contributed by atoms with E-state index in [4.69, 9.17) is 14.0 Å². The molecule has 45 heavy (non-hydrogen) atoms. The van der Waals surface area contributed by atoms with Crippen molar-refractivity contribution in [3.8, 4) is 0 Å². The van der Waals surface area contributed by atoms with Gasteiger partial charge in [-0.3, -0.25) is 14.6 Å². The number of carbonyl (C=O) groups is 4. The Morgan fingerprint density at radius 3 is 2.62 bits per heavy atom. The third kappa shape index (κ3) is 6.61. The molecule has 3 amide bonds. The molecular weight excluding hydrogens is 584 g/mol. The molecule has 4 aromatic heterocycles. The lowest BCUT2D eigenvalue weighted by molar-refractivity contribution is -0.000109. The third-order valence-corrected chi connectivity index (χ3v) is 6.64. The lowest BCUT2D eigenvalue weighted by atomic mass is 10.1. The Bertz CT molecular complexity index is 1860. The molecular formula is C30H28N8O7. The highest BCUT2D eigenvalue weighted by molar-refractivity contribution is 6.07. The predicted molar refractivity (Wildman–Crippen MR) is 159 cm³/mol. The smallest absolute Gasteiger partial charge is 0.423 e. The third-order valence-electron chi connectivity index (χ3n) is 6.64. The second-order valence-corrected chi connectivity index (χ2v) is 9.68. The molecule has 4 heterocycles. The first-order valence-corrected chi connectivity index (χ1v) is 13.8. The summed E-state index contributed by atoms with van der Waals surface area (Å²) in [6, 6.07) is 9.23. The Morgan fingerprint density at radius 2 is 1.89 bits per heavy atom. The average molecular weight is 613 g/mol. The number of esters is 1. The summed E-state index contributed by atoms with van der Waals surface area (Å²) >= 11 is 0. The number of hydrogen-bond donors (Lipinski definition) is 2. The molecule has 0 saturated carbocycles. The summed E-state index contributed by atoms with van der Waals surface area (Å²) in [6.07, 6.45) is 6.64. The number of aryl methyl sites for hydroxylation is 2. The summed E-state index contributed by atoms with van der Waals surface area (Å²) in [7, 11) is 0. The van der Waals surface area contributed by atoms with Gasteiger partial charge in [-0.2, -0.15) is 5.10 Å². The number of rotatable bonds is 10. The van der Waals surface area contributed by atoms with E-state index in [-0.39, 0.29) is 34.4 Å². The second kappa shape index (κ2) is 13.5. The van der Waals surface area contributed by atoms with Crippen LogP contribution >= 0.6 is 0 Å². The van der Waals surface area contributed by atoms with Gasteiger partial charge in [-0.25, -0.2) is 24.0 Å². The molecule has 0 fully saturated rings. The summed E-state index contributed by atoms with van der Waals surface area (Å²) in [5.74, 6) is -1.34. The molecule has 0 bridgehead atoms. The molecule has 0 radical (unpaired) electrons. The first-order valence-electron chi connectivity index (χ1n) is 13.8. The maximum atomic E-state index is 13.8. The Balaban J connectivity index is 1.54. The van der Waals surface area contributed by atoms with Crippen molar-refractivity contribution in [1.82, 2.24) is 30.1 Å². The topological polar surface area (TPSA) is 183 Å². The van der Waals surface area contributed by atoms with E-state index < -0.39 is 24.8 Å². The van der Waals surface area contributed by atoms with Gasteiger partial charge in [-0.15, -0.1) is 0 Å². The minimum absolute atomic E-state index is 0.0535. The second-order valence-electron chi connectivity index (χ2n) is 9.68. The van der Waals surface area contributed by atoms with Gasteiger partial charge in [0.05, 0.1) is 16.8 Å². The predicted octanol–water partition coefficient (Wildman–Crippen LogP) is 4.21. The molecule has 15 nitrogen and oxygen atoms in total. The zero-order chi connectivity index (χ0) is 31.9. The fourth-order valence-corrected chi connectivity index (χ4v) is 4.39. The number of aromatic nitrogens is 5. The van der Waals surface area contributed by atoms with Crippen molar-refractivity contribution >= 4 is 46.7 Å². The van der Waals surface area contributed by atoms with Crippen LogP contribution in [0.5, 0.6) is 0 Å². The Morgan fingerprint density at radius 1 is 1.04 bits per heavy atom. The van der Waals surface area contributed by atoms with Gasteiger partial charge in [-0.1, -0.05) is 18.1 Å². The standard InChI is InChI=1S/C30H28N8O7/c1-4-10-32-28(40)22-15-37-25(19(22)3)26(33-16-34-37)38(30(42)44-17-43-29(41)21-6-5-11-31-14-21)23-13-20(8-7-18(23)2)27(39)35-24-9-12-45-36-24/h5-9,11-16H,4,10,17H2,1-3H3,(H,32,40)(H,35,36,39). The number of pyridine rings is 1. The van der Waals surface area contributed by atoms with E-state index in [1.54, 1.807) is 32.0 Å². The number of nitrogens with one attached hydrogen (secondary N) is 2. The zero-order valence-electron chi connectivity index (χ0n) is 24.5. The van der Waals surface area contributed by atoms with Crippen LogP contribution in [0, 0.1) is 13.8 Å². The molecule has 1 aromatic carbocycles. The Labute approximate surface area is 256 Å². The summed E-state index contributed by atoms with van der Waals surface area (Å²) < 4.78 is 16.7. The molecule has 0 spiro atoms. The van der Waals surface area contributed by atoms with E-state index >= 15 is 0 Å². The van der Waals surface area contributed by atoms with Crippen molar-refractivity contribution in [2.75, 3.05) is 23.6 Å². The molecule has 5 rings (SSSR count). The first kappa shape index (κ1) is 30.3. The molecule has 230 valence electrons. The highest BCUT2D eigenvalue weighted by Gasteiger charge is 2.29. The van der Waals surface area contributed by atoms with Gasteiger partial charge >= 0.3 is 12.1 Å². The van der Waals surface area contributed by atoms with Crippen LogP contribution in [0.15, 0.2) is 72.1 Å². The number of hydrogen-bond acceptors (Lipinski definition) is 11. The van der Waals surface area contributed by atoms with Crippen molar-refractivity contribution in [3.05, 3.63) is 95.4 Å². The van der Waals surface area contributed by atoms with Crippen molar-refractivity contribution in [2.24, 2.45) is 0 Å². The van der Waals surface area contributed by atoms with E-state index in [1.165, 1.54) is 53.9 Å². The van der Waals surface area contributed by atoms with Crippen molar-refractivity contribution in [1.29, 1.82) is 0 Å². The maximum absolute atomic E-state index is 13.8. The van der Waals surface area contributed by atoms with Crippen LogP contribution in [-0.4, -0.2) is 62.0 Å². The number of nitrogens with zero attached hydrogens (tertiary/aromatic N) is 6. The Kier molecular flexibility index (Phi) is 9.07. The molecule has 0 atom stereocenters. The quantitative estimate of drug-likeness (QED) is 0.170. The summed E-state index contributed by atoms with van der Waals surface area (Å²) in [5.41, 5.74) is 2.31. The molecule has 0 aliphatic rings. The summed E-state index contributed by atoms with van der Waals surface area (Å²) in [6.45, 7) is 5.11. The van der Waals surface area contributed by atoms with Crippen LogP contribution in [0.2, 0.25) is 0 Å².